The molecule has 0 unspecified atom stereocenters. The van der Waals surface area contributed by atoms with Crippen LogP contribution < -0.4 is 5.32 Å². The molecule has 0 radical (unpaired) electrons. The first-order valence-electron chi connectivity index (χ1n) is 8.40. The molecular weight excluding hydrogens is 431 g/mol. The highest BCUT2D eigenvalue weighted by Crippen LogP contribution is 2.25. The Kier molecular flexibility index (Phi) is 11.8. The molecule has 0 bridgehead atoms. The van der Waals surface area contributed by atoms with Gasteiger partial charge in [0.15, 0.2) is 0 Å². The normalized spacial score (nSPS) is 11.2. The minimum atomic E-state index is -5.08. The molecule has 0 heterocycles. The maximum Gasteiger partial charge on any atom is 0.490 e. The Bertz CT molecular complexity index is 696. The Morgan fingerprint density at radius 3 is 2.10 bits per heavy atom. The van der Waals surface area contributed by atoms with Crippen LogP contribution in [-0.2, 0) is 19.8 Å². The lowest BCUT2D eigenvalue weighted by molar-refractivity contribution is -0.192. The number of nitrogens with one attached hydrogen (secondary N) is 1. The Labute approximate surface area is 175 Å². The molecule has 0 aliphatic carbocycles. The van der Waals surface area contributed by atoms with E-state index >= 15 is 0 Å². The van der Waals surface area contributed by atoms with Crippen LogP contribution in [0.1, 0.15) is 31.4 Å². The van der Waals surface area contributed by atoms with Crippen molar-refractivity contribution in [1.82, 2.24) is 5.32 Å². The summed E-state index contributed by atoms with van der Waals surface area (Å²) in [4.78, 5) is 31.6. The van der Waals surface area contributed by atoms with Gasteiger partial charge in [0, 0.05) is 18.1 Å². The van der Waals surface area contributed by atoms with E-state index in [2.05, 4.69) is 5.32 Å². The van der Waals surface area contributed by atoms with E-state index in [0.717, 1.165) is 16.9 Å². The van der Waals surface area contributed by atoms with E-state index in [1.807, 2.05) is 45.0 Å². The van der Waals surface area contributed by atoms with Crippen molar-refractivity contribution in [2.45, 2.75) is 38.8 Å². The summed E-state index contributed by atoms with van der Waals surface area (Å²) in [5, 5.41) is 18.6. The molecule has 0 aliphatic rings. The molecule has 0 atom stereocenters. The number of amides is 1. The first kappa shape index (κ1) is 27.1. The van der Waals surface area contributed by atoms with Crippen LogP contribution in [0.15, 0.2) is 24.3 Å². The average Bonchev–Trinajstić information content (AvgIpc) is 2.60. The minimum Gasteiger partial charge on any atom is -0.481 e. The van der Waals surface area contributed by atoms with Crippen LogP contribution >= 0.6 is 21.6 Å². The van der Waals surface area contributed by atoms with Crippen LogP contribution in [0.5, 0.6) is 0 Å². The lowest BCUT2D eigenvalue weighted by atomic mass is 9.83. The molecule has 0 saturated carbocycles. The average molecular weight is 456 g/mol. The van der Waals surface area contributed by atoms with Gasteiger partial charge in [-0.1, -0.05) is 51.4 Å². The van der Waals surface area contributed by atoms with E-state index in [9.17, 15) is 22.8 Å². The Balaban J connectivity index is 0.000000956. The first-order valence-corrected chi connectivity index (χ1v) is 10.9. The third-order valence-corrected chi connectivity index (χ3v) is 5.91. The van der Waals surface area contributed by atoms with E-state index in [0.29, 0.717) is 12.3 Å². The van der Waals surface area contributed by atoms with Crippen molar-refractivity contribution >= 4 is 39.4 Å². The first-order chi connectivity index (χ1) is 13.3. The second kappa shape index (κ2) is 12.6. The standard InChI is InChI=1S/C16H23NO3S2.C2HF3O2/c1-12-5-4-6-13(11-12)16(2,3)15(20)17-8-10-22-21-9-7-14(18)19;3-2(4,5)1(6)7/h4-6,11H,7-10H2,1-3H3,(H,17,20)(H,18,19);(H,6,7). The van der Waals surface area contributed by atoms with E-state index in [1.165, 1.54) is 10.8 Å². The number of halogens is 3. The molecular formula is C18H24F3NO5S2. The van der Waals surface area contributed by atoms with Crippen LogP contribution in [0.3, 0.4) is 0 Å². The van der Waals surface area contributed by atoms with Crippen LogP contribution in [0.4, 0.5) is 13.2 Å². The quantitative estimate of drug-likeness (QED) is 0.383. The third kappa shape index (κ3) is 11.6. The highest BCUT2D eigenvalue weighted by atomic mass is 33.1. The van der Waals surface area contributed by atoms with Crippen LogP contribution in [-0.4, -0.2) is 52.3 Å². The monoisotopic (exact) mass is 455 g/mol. The lowest BCUT2D eigenvalue weighted by Crippen LogP contribution is -2.41. The molecule has 6 nitrogen and oxygen atoms in total. The van der Waals surface area contributed by atoms with E-state index < -0.39 is 23.5 Å². The molecule has 0 saturated heterocycles. The molecule has 0 spiro atoms. The van der Waals surface area contributed by atoms with Crippen LogP contribution in [0, 0.1) is 6.92 Å². The molecule has 1 aromatic rings. The number of hydrogen-bond donors (Lipinski definition) is 3. The van der Waals surface area contributed by atoms with Gasteiger partial charge in [-0.05, 0) is 26.3 Å². The smallest absolute Gasteiger partial charge is 0.481 e. The number of carbonyl (C=O) groups is 3. The van der Waals surface area contributed by atoms with Crippen molar-refractivity contribution in [3.63, 3.8) is 0 Å². The number of hydrogen-bond acceptors (Lipinski definition) is 5. The zero-order valence-electron chi connectivity index (χ0n) is 16.2. The van der Waals surface area contributed by atoms with Crippen molar-refractivity contribution in [2.24, 2.45) is 0 Å². The molecule has 1 rings (SSSR count). The second-order valence-electron chi connectivity index (χ2n) is 6.34. The number of aliphatic carboxylic acids is 2. The molecule has 3 N–H and O–H groups in total. The SMILES string of the molecule is Cc1cccc(C(C)(C)C(=O)NCCSSCCC(=O)O)c1.O=C(O)C(F)(F)F. The van der Waals surface area contributed by atoms with Gasteiger partial charge in [0.1, 0.15) is 0 Å². The number of benzene rings is 1. The summed E-state index contributed by atoms with van der Waals surface area (Å²) in [6.45, 7) is 6.44. The third-order valence-electron chi connectivity index (χ3n) is 3.50. The maximum absolute atomic E-state index is 12.3. The van der Waals surface area contributed by atoms with Crippen molar-refractivity contribution in [3.8, 4) is 0 Å². The Hall–Kier alpha value is -1.88. The largest absolute Gasteiger partial charge is 0.490 e. The number of aryl methyl sites for hydroxylation is 1. The molecule has 1 amide bonds. The van der Waals surface area contributed by atoms with Crippen LogP contribution in [0.2, 0.25) is 0 Å². The summed E-state index contributed by atoms with van der Waals surface area (Å²) >= 11 is 0. The predicted molar refractivity (Wildman–Crippen MR) is 108 cm³/mol. The molecule has 1 aromatic carbocycles. The fourth-order valence-corrected chi connectivity index (χ4v) is 3.73. The van der Waals surface area contributed by atoms with Crippen molar-refractivity contribution in [1.29, 1.82) is 0 Å². The molecule has 0 aliphatic heterocycles. The Morgan fingerprint density at radius 1 is 1.07 bits per heavy atom. The predicted octanol–water partition coefficient (Wildman–Crippen LogP) is 3.88. The van der Waals surface area contributed by atoms with E-state index in [1.54, 1.807) is 10.8 Å². The van der Waals surface area contributed by atoms with Gasteiger partial charge in [-0.3, -0.25) is 9.59 Å². The number of alkyl halides is 3. The maximum atomic E-state index is 12.3. The zero-order chi connectivity index (χ0) is 22.7. The van der Waals surface area contributed by atoms with Crippen molar-refractivity contribution < 1.29 is 37.8 Å². The fraction of sp³-hybridized carbons (Fsp3) is 0.500. The minimum absolute atomic E-state index is 0.00855. The fourth-order valence-electron chi connectivity index (χ4n) is 1.84. The van der Waals surface area contributed by atoms with Gasteiger partial charge in [0.2, 0.25) is 5.91 Å². The number of carboxylic acid groups (broad SMARTS) is 2. The van der Waals surface area contributed by atoms with Crippen LogP contribution in [0.25, 0.3) is 0 Å². The topological polar surface area (TPSA) is 104 Å². The zero-order valence-corrected chi connectivity index (χ0v) is 17.8. The van der Waals surface area contributed by atoms with Gasteiger partial charge in [0.25, 0.3) is 0 Å². The summed E-state index contributed by atoms with van der Waals surface area (Å²) in [6.07, 6.45) is -4.91. The lowest BCUT2D eigenvalue weighted by Gasteiger charge is -2.24. The second-order valence-corrected chi connectivity index (χ2v) is 9.04. The summed E-state index contributed by atoms with van der Waals surface area (Å²) in [6, 6.07) is 8.00. The van der Waals surface area contributed by atoms with Gasteiger partial charge in [-0.25, -0.2) is 4.79 Å². The highest BCUT2D eigenvalue weighted by Gasteiger charge is 2.38. The van der Waals surface area contributed by atoms with Crippen molar-refractivity contribution in [2.75, 3.05) is 18.1 Å². The van der Waals surface area contributed by atoms with Gasteiger partial charge in [0.05, 0.1) is 11.8 Å². The molecule has 29 heavy (non-hydrogen) atoms. The molecule has 11 heteroatoms. The molecule has 0 fully saturated rings. The summed E-state index contributed by atoms with van der Waals surface area (Å²) in [5.41, 5.74) is 1.59. The van der Waals surface area contributed by atoms with E-state index in [4.69, 9.17) is 15.0 Å². The number of rotatable bonds is 9. The van der Waals surface area contributed by atoms with Crippen molar-refractivity contribution in [3.05, 3.63) is 35.4 Å². The number of carboxylic acids is 2. The summed E-state index contributed by atoms with van der Waals surface area (Å²) in [5.74, 6) is -2.18. The van der Waals surface area contributed by atoms with Gasteiger partial charge in [-0.15, -0.1) is 0 Å². The molecule has 0 aromatic heterocycles. The Morgan fingerprint density at radius 2 is 1.62 bits per heavy atom. The van der Waals surface area contributed by atoms with E-state index in [-0.39, 0.29) is 12.3 Å². The number of carbonyl (C=O) groups excluding carboxylic acids is 1. The van der Waals surface area contributed by atoms with Gasteiger partial charge in [-0.2, -0.15) is 13.2 Å². The van der Waals surface area contributed by atoms with Gasteiger partial charge >= 0.3 is 18.1 Å². The summed E-state index contributed by atoms with van der Waals surface area (Å²) < 4.78 is 31.7. The summed E-state index contributed by atoms with van der Waals surface area (Å²) in [7, 11) is 3.11. The highest BCUT2D eigenvalue weighted by molar-refractivity contribution is 8.76. The molecule has 164 valence electrons. The van der Waals surface area contributed by atoms with Gasteiger partial charge < -0.3 is 15.5 Å².